The molecule has 2 aliphatic rings. The molecule has 90 valence electrons. The van der Waals surface area contributed by atoms with Gasteiger partial charge in [0.2, 0.25) is 0 Å². The minimum atomic E-state index is -0.740. The molecular weight excluding hydrogens is 208 g/mol. The third-order valence-corrected chi connectivity index (χ3v) is 4.07. The van der Waals surface area contributed by atoms with Crippen molar-refractivity contribution in [3.8, 4) is 0 Å². The fourth-order valence-electron chi connectivity index (χ4n) is 2.95. The molecule has 1 saturated carbocycles. The lowest BCUT2D eigenvalue weighted by Gasteiger charge is -2.41. The predicted molar refractivity (Wildman–Crippen MR) is 57.1 cm³/mol. The summed E-state index contributed by atoms with van der Waals surface area (Å²) in [5, 5.41) is 9.46. The van der Waals surface area contributed by atoms with Crippen LogP contribution < -0.4 is 0 Å². The Kier molecular flexibility index (Phi) is 3.28. The Bertz CT molecular complexity index is 281. The Balaban J connectivity index is 2.14. The lowest BCUT2D eigenvalue weighted by molar-refractivity contribution is -0.160. The van der Waals surface area contributed by atoms with Gasteiger partial charge in [0.1, 0.15) is 5.78 Å². The topological polar surface area (TPSA) is 63.6 Å². The summed E-state index contributed by atoms with van der Waals surface area (Å²) in [5.41, 5.74) is -0.700. The van der Waals surface area contributed by atoms with Gasteiger partial charge < -0.3 is 9.84 Å². The van der Waals surface area contributed by atoms with E-state index in [0.29, 0.717) is 32.3 Å². The number of ether oxygens (including phenoxy) is 1. The summed E-state index contributed by atoms with van der Waals surface area (Å²) < 4.78 is 5.39. The summed E-state index contributed by atoms with van der Waals surface area (Å²) in [6, 6.07) is 0. The number of carbonyl (C=O) groups is 2. The van der Waals surface area contributed by atoms with Gasteiger partial charge in [-0.25, -0.2) is 0 Å². The van der Waals surface area contributed by atoms with Gasteiger partial charge in [0.25, 0.3) is 0 Å². The minimum Gasteiger partial charge on any atom is -0.481 e. The highest BCUT2D eigenvalue weighted by Gasteiger charge is 2.48. The number of rotatable bonds is 2. The smallest absolute Gasteiger partial charge is 0.310 e. The average Bonchev–Trinajstić information content (AvgIpc) is 2.31. The van der Waals surface area contributed by atoms with Crippen molar-refractivity contribution in [3.05, 3.63) is 0 Å². The number of aliphatic carboxylic acids is 1. The van der Waals surface area contributed by atoms with Gasteiger partial charge in [0, 0.05) is 19.4 Å². The number of hydrogen-bond donors (Lipinski definition) is 1. The van der Waals surface area contributed by atoms with E-state index in [1.54, 1.807) is 0 Å². The first-order chi connectivity index (χ1) is 7.65. The lowest BCUT2D eigenvalue weighted by Crippen LogP contribution is -2.45. The molecule has 2 rings (SSSR count). The lowest BCUT2D eigenvalue weighted by atomic mass is 9.64. The number of carboxylic acid groups (broad SMARTS) is 1. The molecular formula is C12H18O4. The molecule has 0 aromatic carbocycles. The highest BCUT2D eigenvalue weighted by atomic mass is 16.5. The second kappa shape index (κ2) is 4.53. The van der Waals surface area contributed by atoms with Gasteiger partial charge >= 0.3 is 5.97 Å². The number of ketones is 1. The van der Waals surface area contributed by atoms with Crippen LogP contribution in [0.2, 0.25) is 0 Å². The second-order valence-corrected chi connectivity index (χ2v) is 4.91. The van der Waals surface area contributed by atoms with Crippen LogP contribution in [-0.2, 0) is 14.3 Å². The zero-order valence-corrected chi connectivity index (χ0v) is 9.41. The number of carboxylic acids is 1. The van der Waals surface area contributed by atoms with E-state index in [0.717, 1.165) is 19.4 Å². The van der Waals surface area contributed by atoms with Gasteiger partial charge in [-0.2, -0.15) is 0 Å². The Morgan fingerprint density at radius 2 is 2.06 bits per heavy atom. The molecule has 2 fully saturated rings. The molecule has 0 bridgehead atoms. The van der Waals surface area contributed by atoms with Crippen LogP contribution in [0.4, 0.5) is 0 Å². The summed E-state index contributed by atoms with van der Waals surface area (Å²) in [6.45, 7) is 1.28. The van der Waals surface area contributed by atoms with Gasteiger partial charge in [0.15, 0.2) is 0 Å². The monoisotopic (exact) mass is 226 g/mol. The third kappa shape index (κ3) is 1.98. The van der Waals surface area contributed by atoms with Crippen molar-refractivity contribution >= 4 is 11.8 Å². The molecule has 0 aromatic rings. The fraction of sp³-hybridized carbons (Fsp3) is 0.833. The van der Waals surface area contributed by atoms with E-state index in [1.165, 1.54) is 0 Å². The first kappa shape index (κ1) is 11.6. The maximum absolute atomic E-state index is 11.5. The Morgan fingerprint density at radius 1 is 1.38 bits per heavy atom. The SMILES string of the molecule is O=C1CCC(C(=O)O)(C2CCCOC2)CC1. The first-order valence-corrected chi connectivity index (χ1v) is 5.98. The quantitative estimate of drug-likeness (QED) is 0.777. The highest BCUT2D eigenvalue weighted by molar-refractivity contribution is 5.84. The Hall–Kier alpha value is -0.900. The van der Waals surface area contributed by atoms with E-state index in [1.807, 2.05) is 0 Å². The van der Waals surface area contributed by atoms with Crippen LogP contribution in [0.15, 0.2) is 0 Å². The molecule has 1 saturated heterocycles. The maximum atomic E-state index is 11.5. The summed E-state index contributed by atoms with van der Waals surface area (Å²) in [5.74, 6) is -0.448. The summed E-state index contributed by atoms with van der Waals surface area (Å²) in [7, 11) is 0. The van der Waals surface area contributed by atoms with Crippen LogP contribution in [0.25, 0.3) is 0 Å². The molecule has 0 spiro atoms. The van der Waals surface area contributed by atoms with Gasteiger partial charge in [-0.05, 0) is 31.6 Å². The van der Waals surface area contributed by atoms with Crippen LogP contribution in [0.1, 0.15) is 38.5 Å². The average molecular weight is 226 g/mol. The van der Waals surface area contributed by atoms with Crippen molar-refractivity contribution in [2.75, 3.05) is 13.2 Å². The normalized spacial score (nSPS) is 30.0. The molecule has 0 radical (unpaired) electrons. The summed E-state index contributed by atoms with van der Waals surface area (Å²) >= 11 is 0. The largest absolute Gasteiger partial charge is 0.481 e. The van der Waals surface area contributed by atoms with E-state index >= 15 is 0 Å². The summed E-state index contributed by atoms with van der Waals surface area (Å²) in [6.07, 6.45) is 3.68. The van der Waals surface area contributed by atoms with Gasteiger partial charge in [0.05, 0.1) is 12.0 Å². The predicted octanol–water partition coefficient (Wildman–Crippen LogP) is 1.63. The van der Waals surface area contributed by atoms with E-state index < -0.39 is 11.4 Å². The molecule has 1 aliphatic carbocycles. The van der Waals surface area contributed by atoms with Crippen molar-refractivity contribution < 1.29 is 19.4 Å². The highest BCUT2D eigenvalue weighted by Crippen LogP contribution is 2.45. The molecule has 1 heterocycles. The van der Waals surface area contributed by atoms with Crippen molar-refractivity contribution in [2.24, 2.45) is 11.3 Å². The van der Waals surface area contributed by atoms with E-state index in [9.17, 15) is 14.7 Å². The van der Waals surface area contributed by atoms with E-state index in [4.69, 9.17) is 4.74 Å². The van der Waals surface area contributed by atoms with Crippen LogP contribution in [0, 0.1) is 11.3 Å². The molecule has 0 aromatic heterocycles. The van der Waals surface area contributed by atoms with Crippen molar-refractivity contribution in [1.82, 2.24) is 0 Å². The molecule has 1 N–H and O–H groups in total. The third-order valence-electron chi connectivity index (χ3n) is 4.07. The molecule has 0 amide bonds. The number of carbonyl (C=O) groups excluding carboxylic acids is 1. The molecule has 4 nitrogen and oxygen atoms in total. The molecule has 4 heteroatoms. The maximum Gasteiger partial charge on any atom is 0.310 e. The van der Waals surface area contributed by atoms with Crippen LogP contribution in [-0.4, -0.2) is 30.1 Å². The first-order valence-electron chi connectivity index (χ1n) is 5.98. The van der Waals surface area contributed by atoms with E-state index in [-0.39, 0.29) is 11.7 Å². The number of hydrogen-bond acceptors (Lipinski definition) is 3. The van der Waals surface area contributed by atoms with Crippen molar-refractivity contribution in [3.63, 3.8) is 0 Å². The van der Waals surface area contributed by atoms with E-state index in [2.05, 4.69) is 0 Å². The fourth-order valence-corrected chi connectivity index (χ4v) is 2.95. The second-order valence-electron chi connectivity index (χ2n) is 4.91. The van der Waals surface area contributed by atoms with Gasteiger partial charge in [-0.3, -0.25) is 9.59 Å². The zero-order valence-electron chi connectivity index (χ0n) is 9.41. The van der Waals surface area contributed by atoms with Crippen molar-refractivity contribution in [1.29, 1.82) is 0 Å². The summed E-state index contributed by atoms with van der Waals surface area (Å²) in [4.78, 5) is 22.7. The van der Waals surface area contributed by atoms with Crippen LogP contribution >= 0.6 is 0 Å². The Labute approximate surface area is 95.0 Å². The van der Waals surface area contributed by atoms with Crippen molar-refractivity contribution in [2.45, 2.75) is 38.5 Å². The zero-order chi connectivity index (χ0) is 11.6. The standard InChI is InChI=1S/C12H18O4/c13-10-3-5-12(6-4-10,11(14)15)9-2-1-7-16-8-9/h9H,1-8H2,(H,14,15). The van der Waals surface area contributed by atoms with Gasteiger partial charge in [-0.1, -0.05) is 0 Å². The molecule has 1 aliphatic heterocycles. The van der Waals surface area contributed by atoms with Crippen LogP contribution in [0.5, 0.6) is 0 Å². The molecule has 16 heavy (non-hydrogen) atoms. The number of Topliss-reactive ketones (excluding diaryl/α,β-unsaturated/α-hetero) is 1. The molecule has 1 atom stereocenters. The minimum absolute atomic E-state index is 0.0897. The van der Waals surface area contributed by atoms with Gasteiger partial charge in [-0.15, -0.1) is 0 Å². The van der Waals surface area contributed by atoms with Crippen LogP contribution in [0.3, 0.4) is 0 Å². The molecule has 1 unspecified atom stereocenters. The Morgan fingerprint density at radius 3 is 2.56 bits per heavy atom.